The zero-order chi connectivity index (χ0) is 14.2. The standard InChI is InChI=1S/C15H18ClFO3/c16-11-1-2-12(13(17)7-11)14(18)10-3-5-20-15(8-10)4-6-19-9-15/h1-2,7,10,14,18H,3-6,8-9H2. The fourth-order valence-electron chi connectivity index (χ4n) is 3.19. The molecule has 1 N–H and O–H groups in total. The third-order valence-electron chi connectivity index (χ3n) is 4.33. The van der Waals surface area contributed by atoms with Crippen LogP contribution in [0.2, 0.25) is 5.02 Å². The number of hydrogen-bond acceptors (Lipinski definition) is 3. The number of aliphatic hydroxyl groups excluding tert-OH is 1. The molecule has 1 spiro atoms. The lowest BCUT2D eigenvalue weighted by molar-refractivity contribution is -0.117. The van der Waals surface area contributed by atoms with Crippen molar-refractivity contribution in [3.05, 3.63) is 34.6 Å². The minimum atomic E-state index is -0.825. The Kier molecular flexibility index (Phi) is 4.00. The van der Waals surface area contributed by atoms with Gasteiger partial charge in [0, 0.05) is 30.2 Å². The molecule has 0 radical (unpaired) electrons. The van der Waals surface area contributed by atoms with Crippen molar-refractivity contribution in [3.8, 4) is 0 Å². The molecule has 0 aromatic heterocycles. The van der Waals surface area contributed by atoms with E-state index in [0.29, 0.717) is 36.8 Å². The highest BCUT2D eigenvalue weighted by atomic mass is 35.5. The molecule has 3 atom stereocenters. The average Bonchev–Trinajstić information content (AvgIpc) is 2.86. The van der Waals surface area contributed by atoms with Gasteiger partial charge >= 0.3 is 0 Å². The number of benzene rings is 1. The van der Waals surface area contributed by atoms with E-state index in [0.717, 1.165) is 12.8 Å². The Morgan fingerprint density at radius 3 is 2.95 bits per heavy atom. The van der Waals surface area contributed by atoms with E-state index in [1.54, 1.807) is 12.1 Å². The van der Waals surface area contributed by atoms with Crippen LogP contribution in [0.4, 0.5) is 4.39 Å². The molecule has 1 aromatic rings. The first kappa shape index (κ1) is 14.3. The summed E-state index contributed by atoms with van der Waals surface area (Å²) in [6, 6.07) is 4.42. The van der Waals surface area contributed by atoms with Crippen LogP contribution in [0.15, 0.2) is 18.2 Å². The molecule has 1 aromatic carbocycles. The Morgan fingerprint density at radius 1 is 1.40 bits per heavy atom. The molecule has 3 nitrogen and oxygen atoms in total. The first-order valence-electron chi connectivity index (χ1n) is 6.94. The molecule has 2 fully saturated rings. The third-order valence-corrected chi connectivity index (χ3v) is 4.56. The fraction of sp³-hybridized carbons (Fsp3) is 0.600. The predicted octanol–water partition coefficient (Wildman–Crippen LogP) is 3.10. The van der Waals surface area contributed by atoms with Crippen molar-refractivity contribution < 1.29 is 19.0 Å². The molecule has 20 heavy (non-hydrogen) atoms. The summed E-state index contributed by atoms with van der Waals surface area (Å²) in [6.07, 6.45) is 1.45. The zero-order valence-corrected chi connectivity index (χ0v) is 11.9. The molecule has 0 aliphatic carbocycles. The van der Waals surface area contributed by atoms with Gasteiger partial charge in [-0.15, -0.1) is 0 Å². The maximum Gasteiger partial charge on any atom is 0.130 e. The quantitative estimate of drug-likeness (QED) is 0.912. The first-order valence-corrected chi connectivity index (χ1v) is 7.32. The van der Waals surface area contributed by atoms with Gasteiger partial charge in [-0.3, -0.25) is 0 Å². The van der Waals surface area contributed by atoms with Crippen LogP contribution in [-0.2, 0) is 9.47 Å². The molecule has 2 heterocycles. The minimum absolute atomic E-state index is 0.0128. The van der Waals surface area contributed by atoms with E-state index in [-0.39, 0.29) is 11.5 Å². The van der Waals surface area contributed by atoms with E-state index in [1.165, 1.54) is 6.07 Å². The van der Waals surface area contributed by atoms with E-state index < -0.39 is 11.9 Å². The van der Waals surface area contributed by atoms with Crippen LogP contribution in [0.1, 0.15) is 30.9 Å². The summed E-state index contributed by atoms with van der Waals surface area (Å²) in [5, 5.41) is 10.8. The number of hydrogen-bond donors (Lipinski definition) is 1. The van der Waals surface area contributed by atoms with E-state index in [9.17, 15) is 9.50 Å². The fourth-order valence-corrected chi connectivity index (χ4v) is 3.35. The lowest BCUT2D eigenvalue weighted by Gasteiger charge is -2.39. The summed E-state index contributed by atoms with van der Waals surface area (Å²) in [7, 11) is 0. The molecule has 110 valence electrons. The number of halogens is 2. The molecular weight excluding hydrogens is 283 g/mol. The second kappa shape index (κ2) is 5.60. The molecule has 0 amide bonds. The molecule has 0 saturated carbocycles. The Morgan fingerprint density at radius 2 is 2.25 bits per heavy atom. The molecule has 0 bridgehead atoms. The van der Waals surface area contributed by atoms with Crippen molar-refractivity contribution in [2.24, 2.45) is 5.92 Å². The van der Waals surface area contributed by atoms with E-state index >= 15 is 0 Å². The number of rotatable bonds is 2. The van der Waals surface area contributed by atoms with Gasteiger partial charge in [-0.2, -0.15) is 0 Å². The van der Waals surface area contributed by atoms with Crippen molar-refractivity contribution in [1.29, 1.82) is 0 Å². The molecular formula is C15H18ClFO3. The molecule has 2 aliphatic rings. The third kappa shape index (κ3) is 2.70. The minimum Gasteiger partial charge on any atom is -0.388 e. The van der Waals surface area contributed by atoms with Gasteiger partial charge in [-0.25, -0.2) is 4.39 Å². The summed E-state index contributed by atoms with van der Waals surface area (Å²) < 4.78 is 25.2. The average molecular weight is 301 g/mol. The van der Waals surface area contributed by atoms with E-state index in [4.69, 9.17) is 21.1 Å². The summed E-state index contributed by atoms with van der Waals surface area (Å²) in [5.74, 6) is -0.464. The molecule has 2 aliphatic heterocycles. The topological polar surface area (TPSA) is 38.7 Å². The summed E-state index contributed by atoms with van der Waals surface area (Å²) in [5.41, 5.74) is 0.0302. The van der Waals surface area contributed by atoms with Gasteiger partial charge in [0.2, 0.25) is 0 Å². The van der Waals surface area contributed by atoms with Gasteiger partial charge < -0.3 is 14.6 Å². The van der Waals surface area contributed by atoms with Crippen LogP contribution in [0, 0.1) is 11.7 Å². The van der Waals surface area contributed by atoms with Crippen LogP contribution < -0.4 is 0 Å². The van der Waals surface area contributed by atoms with E-state index in [2.05, 4.69) is 0 Å². The van der Waals surface area contributed by atoms with Gasteiger partial charge in [0.25, 0.3) is 0 Å². The van der Waals surface area contributed by atoms with Crippen molar-refractivity contribution in [1.82, 2.24) is 0 Å². The van der Waals surface area contributed by atoms with Crippen molar-refractivity contribution >= 4 is 11.6 Å². The van der Waals surface area contributed by atoms with Crippen LogP contribution in [0.3, 0.4) is 0 Å². The largest absolute Gasteiger partial charge is 0.388 e. The SMILES string of the molecule is OC(c1ccc(Cl)cc1F)C1CCOC2(CCOC2)C1. The van der Waals surface area contributed by atoms with Gasteiger partial charge in [0.05, 0.1) is 18.3 Å². The zero-order valence-electron chi connectivity index (χ0n) is 11.1. The van der Waals surface area contributed by atoms with Crippen LogP contribution >= 0.6 is 11.6 Å². The van der Waals surface area contributed by atoms with Gasteiger partial charge in [-0.1, -0.05) is 17.7 Å². The molecule has 2 saturated heterocycles. The van der Waals surface area contributed by atoms with Crippen LogP contribution in [0.5, 0.6) is 0 Å². The number of aliphatic hydroxyl groups is 1. The Balaban J connectivity index is 1.77. The van der Waals surface area contributed by atoms with Crippen molar-refractivity contribution in [2.45, 2.75) is 31.0 Å². The van der Waals surface area contributed by atoms with E-state index in [1.807, 2.05) is 0 Å². The Hall–Kier alpha value is -0.680. The summed E-state index contributed by atoms with van der Waals surface area (Å²) in [6.45, 7) is 1.84. The van der Waals surface area contributed by atoms with Crippen molar-refractivity contribution in [2.75, 3.05) is 19.8 Å². The summed E-state index contributed by atoms with van der Waals surface area (Å²) in [4.78, 5) is 0. The monoisotopic (exact) mass is 300 g/mol. The maximum atomic E-state index is 13.9. The smallest absolute Gasteiger partial charge is 0.130 e. The molecule has 5 heteroatoms. The highest BCUT2D eigenvalue weighted by Gasteiger charge is 2.43. The maximum absolute atomic E-state index is 13.9. The highest BCUT2D eigenvalue weighted by molar-refractivity contribution is 6.30. The first-order chi connectivity index (χ1) is 9.60. The second-order valence-electron chi connectivity index (χ2n) is 5.70. The van der Waals surface area contributed by atoms with Crippen LogP contribution in [-0.4, -0.2) is 30.5 Å². The summed E-state index contributed by atoms with van der Waals surface area (Å²) >= 11 is 5.75. The normalized spacial score (nSPS) is 31.6. The van der Waals surface area contributed by atoms with Crippen molar-refractivity contribution in [3.63, 3.8) is 0 Å². The van der Waals surface area contributed by atoms with Gasteiger partial charge in [0.15, 0.2) is 0 Å². The second-order valence-corrected chi connectivity index (χ2v) is 6.13. The Labute approximate surface area is 122 Å². The number of ether oxygens (including phenoxy) is 2. The highest BCUT2D eigenvalue weighted by Crippen LogP contribution is 2.41. The lowest BCUT2D eigenvalue weighted by Crippen LogP contribution is -2.42. The molecule has 3 rings (SSSR count). The van der Waals surface area contributed by atoms with Crippen LogP contribution in [0.25, 0.3) is 0 Å². The predicted molar refractivity (Wildman–Crippen MR) is 73.2 cm³/mol. The van der Waals surface area contributed by atoms with Gasteiger partial charge in [-0.05, 0) is 30.9 Å². The lowest BCUT2D eigenvalue weighted by atomic mass is 9.80. The van der Waals surface area contributed by atoms with Gasteiger partial charge in [0.1, 0.15) is 5.82 Å². The Bertz CT molecular complexity index is 488. The molecule has 3 unspecified atom stereocenters.